The third-order valence-corrected chi connectivity index (χ3v) is 5.96. The number of benzene rings is 2. The monoisotopic (exact) mass is 516 g/mol. The molecule has 5 atom stereocenters. The second kappa shape index (κ2) is 11.2. The van der Waals surface area contributed by atoms with Gasteiger partial charge in [-0.1, -0.05) is 43.7 Å². The fourth-order valence-corrected chi connectivity index (χ4v) is 3.96. The Balaban J connectivity index is 1.70. The van der Waals surface area contributed by atoms with Gasteiger partial charge in [-0.05, 0) is 6.42 Å². The fraction of sp³-hybridized carbons (Fsp3) is 0.385. The number of hydrogen-bond acceptors (Lipinski definition) is 11. The summed E-state index contributed by atoms with van der Waals surface area (Å²) >= 11 is 0. The molecule has 4 rings (SSSR count). The van der Waals surface area contributed by atoms with Crippen molar-refractivity contribution in [2.75, 3.05) is 13.7 Å². The van der Waals surface area contributed by atoms with Gasteiger partial charge in [-0.15, -0.1) is 0 Å². The molecule has 11 nitrogen and oxygen atoms in total. The number of hydrogen-bond donors (Lipinski definition) is 4. The van der Waals surface area contributed by atoms with Crippen LogP contribution in [-0.2, 0) is 14.3 Å². The summed E-state index contributed by atoms with van der Waals surface area (Å²) in [6.07, 6.45) is -7.36. The minimum atomic E-state index is -1.81. The third-order valence-electron chi connectivity index (χ3n) is 5.96. The molecule has 1 aliphatic heterocycles. The summed E-state index contributed by atoms with van der Waals surface area (Å²) in [6.45, 7) is 1.99. The molecule has 0 saturated carbocycles. The van der Waals surface area contributed by atoms with Gasteiger partial charge in [0.15, 0.2) is 23.0 Å². The molecule has 0 amide bonds. The number of phenolic OH excluding ortho intramolecular Hbond substituents is 1. The van der Waals surface area contributed by atoms with Crippen LogP contribution in [0.4, 0.5) is 0 Å². The lowest BCUT2D eigenvalue weighted by molar-refractivity contribution is -0.272. The van der Waals surface area contributed by atoms with Crippen molar-refractivity contribution in [1.82, 2.24) is 0 Å². The molecule has 2 heterocycles. The van der Waals surface area contributed by atoms with E-state index < -0.39 is 47.9 Å². The maximum atomic E-state index is 12.8. The smallest absolute Gasteiger partial charge is 0.338 e. The number of rotatable bonds is 8. The van der Waals surface area contributed by atoms with Crippen LogP contribution in [-0.4, -0.2) is 70.8 Å². The van der Waals surface area contributed by atoms with Gasteiger partial charge < -0.3 is 43.8 Å². The largest absolute Gasteiger partial charge is 0.504 e. The average Bonchev–Trinajstić information content (AvgIpc) is 2.89. The van der Waals surface area contributed by atoms with E-state index >= 15 is 0 Å². The number of carbonyl (C=O) groups is 1. The zero-order chi connectivity index (χ0) is 26.7. The number of unbranched alkanes of at least 4 members (excludes halogenated alkanes) is 1. The van der Waals surface area contributed by atoms with E-state index in [1.54, 1.807) is 30.3 Å². The Morgan fingerprint density at radius 2 is 1.78 bits per heavy atom. The molecule has 0 aliphatic carbocycles. The maximum Gasteiger partial charge on any atom is 0.338 e. The molecule has 0 spiro atoms. The first-order valence-electron chi connectivity index (χ1n) is 11.7. The summed E-state index contributed by atoms with van der Waals surface area (Å²) in [6, 6.07) is 11.3. The van der Waals surface area contributed by atoms with Crippen molar-refractivity contribution in [2.45, 2.75) is 50.5 Å². The number of aromatic hydroxyl groups is 1. The second-order valence-corrected chi connectivity index (χ2v) is 8.51. The Morgan fingerprint density at radius 1 is 1.05 bits per heavy atom. The van der Waals surface area contributed by atoms with E-state index in [0.29, 0.717) is 12.0 Å². The number of ether oxygens (including phenoxy) is 4. The van der Waals surface area contributed by atoms with E-state index in [1.165, 1.54) is 19.2 Å². The molecule has 198 valence electrons. The first-order valence-corrected chi connectivity index (χ1v) is 11.7. The van der Waals surface area contributed by atoms with Gasteiger partial charge in [0.25, 0.3) is 0 Å². The molecule has 11 heteroatoms. The van der Waals surface area contributed by atoms with Gasteiger partial charge in [-0.2, -0.15) is 0 Å². The van der Waals surface area contributed by atoms with Crippen molar-refractivity contribution in [3.05, 3.63) is 52.7 Å². The summed E-state index contributed by atoms with van der Waals surface area (Å²) in [4.78, 5) is 25.3. The Labute approximate surface area is 211 Å². The summed E-state index contributed by atoms with van der Waals surface area (Å²) < 4.78 is 27.3. The van der Waals surface area contributed by atoms with Crippen molar-refractivity contribution >= 4 is 16.9 Å². The van der Waals surface area contributed by atoms with Crippen LogP contribution in [0.5, 0.6) is 17.2 Å². The molecule has 37 heavy (non-hydrogen) atoms. The van der Waals surface area contributed by atoms with Crippen LogP contribution in [0.25, 0.3) is 22.3 Å². The zero-order valence-corrected chi connectivity index (χ0v) is 20.2. The summed E-state index contributed by atoms with van der Waals surface area (Å²) in [7, 11) is 1.22. The van der Waals surface area contributed by atoms with E-state index in [9.17, 15) is 30.0 Å². The number of aliphatic hydroxyl groups is 3. The van der Waals surface area contributed by atoms with Crippen molar-refractivity contribution in [3.63, 3.8) is 0 Å². The van der Waals surface area contributed by atoms with E-state index in [4.69, 9.17) is 23.4 Å². The predicted molar refractivity (Wildman–Crippen MR) is 129 cm³/mol. The van der Waals surface area contributed by atoms with Crippen LogP contribution in [0, 0.1) is 0 Å². The van der Waals surface area contributed by atoms with E-state index in [-0.39, 0.29) is 34.8 Å². The molecular formula is C26H28O11. The van der Waals surface area contributed by atoms with Crippen molar-refractivity contribution in [2.24, 2.45) is 0 Å². The van der Waals surface area contributed by atoms with E-state index in [0.717, 1.165) is 6.42 Å². The maximum absolute atomic E-state index is 12.8. The van der Waals surface area contributed by atoms with Crippen LogP contribution in [0.15, 0.2) is 51.7 Å². The summed E-state index contributed by atoms with van der Waals surface area (Å²) in [5, 5.41) is 41.7. The highest BCUT2D eigenvalue weighted by Crippen LogP contribution is 2.43. The quantitative estimate of drug-likeness (QED) is 0.254. The SMILES string of the molecule is CCCCOC(=O)[C@H]1O[C@@H](Oc2cc3oc(-c4ccccc4)cc(=O)c3c(O)c2OC)[C@H](O)[C@@H](O)[C@@H]1O. The average molecular weight is 516 g/mol. The van der Waals surface area contributed by atoms with Gasteiger partial charge in [0.2, 0.25) is 12.0 Å². The lowest BCUT2D eigenvalue weighted by Gasteiger charge is -2.39. The molecule has 1 aliphatic rings. The molecule has 3 aromatic rings. The molecule has 0 bridgehead atoms. The molecule has 1 saturated heterocycles. The lowest BCUT2D eigenvalue weighted by atomic mass is 9.99. The van der Waals surface area contributed by atoms with Gasteiger partial charge >= 0.3 is 5.97 Å². The molecule has 4 N–H and O–H groups in total. The van der Waals surface area contributed by atoms with Gasteiger partial charge in [0.05, 0.1) is 13.7 Å². The predicted octanol–water partition coefficient (Wildman–Crippen LogP) is 1.70. The number of esters is 1. The Bertz CT molecular complexity index is 1300. The van der Waals surface area contributed by atoms with Crippen molar-refractivity contribution in [1.29, 1.82) is 0 Å². The highest BCUT2D eigenvalue weighted by molar-refractivity contribution is 5.89. The lowest BCUT2D eigenvalue weighted by Crippen LogP contribution is -2.61. The highest BCUT2D eigenvalue weighted by Gasteiger charge is 2.49. The second-order valence-electron chi connectivity index (χ2n) is 8.51. The topological polar surface area (TPSA) is 165 Å². The van der Waals surface area contributed by atoms with Crippen LogP contribution >= 0.6 is 0 Å². The normalized spacial score (nSPS) is 23.5. The molecule has 1 fully saturated rings. The first kappa shape index (κ1) is 26.4. The van der Waals surface area contributed by atoms with Gasteiger partial charge in [-0.25, -0.2) is 4.79 Å². The Morgan fingerprint density at radius 3 is 2.46 bits per heavy atom. The number of carbonyl (C=O) groups excluding carboxylic acids is 1. The fourth-order valence-electron chi connectivity index (χ4n) is 3.96. The van der Waals surface area contributed by atoms with Crippen molar-refractivity contribution in [3.8, 4) is 28.6 Å². The van der Waals surface area contributed by atoms with Crippen LogP contribution in [0.2, 0.25) is 0 Å². The number of methoxy groups -OCH3 is 1. The molecule has 2 aromatic carbocycles. The molecule has 0 radical (unpaired) electrons. The minimum Gasteiger partial charge on any atom is -0.504 e. The minimum absolute atomic E-state index is 0.0546. The Kier molecular flexibility index (Phi) is 7.98. The van der Waals surface area contributed by atoms with Gasteiger partial charge in [0.1, 0.15) is 35.0 Å². The van der Waals surface area contributed by atoms with Crippen molar-refractivity contribution < 1.29 is 48.6 Å². The Hall–Kier alpha value is -3.64. The number of phenols is 1. The zero-order valence-electron chi connectivity index (χ0n) is 20.2. The third kappa shape index (κ3) is 5.25. The molecule has 1 aromatic heterocycles. The van der Waals surface area contributed by atoms with Crippen LogP contribution in [0.1, 0.15) is 19.8 Å². The van der Waals surface area contributed by atoms with E-state index in [2.05, 4.69) is 0 Å². The molecular weight excluding hydrogens is 488 g/mol. The standard InChI is InChI=1S/C26H28O11/c1-3-4-10-34-25(32)24-21(30)20(29)22(31)26(37-24)36-17-12-16-18(19(28)23(17)33-2)14(27)11-15(35-16)13-8-6-5-7-9-13/h5-9,11-12,20-22,24,26,28-31H,3-4,10H2,1-2H3/t20-,21-,22+,24-,26+/m0/s1. The van der Waals surface area contributed by atoms with Crippen LogP contribution < -0.4 is 14.9 Å². The summed E-state index contributed by atoms with van der Waals surface area (Å²) in [5.41, 5.74) is 0.0257. The molecule has 0 unspecified atom stereocenters. The number of fused-ring (bicyclic) bond motifs is 1. The highest BCUT2D eigenvalue weighted by atomic mass is 16.7. The number of aliphatic hydroxyl groups excluding tert-OH is 3. The summed E-state index contributed by atoms with van der Waals surface area (Å²) in [5.74, 6) is -1.77. The first-order chi connectivity index (χ1) is 17.8. The van der Waals surface area contributed by atoms with Gasteiger partial charge in [0, 0.05) is 17.7 Å². The van der Waals surface area contributed by atoms with E-state index in [1.807, 2.05) is 6.92 Å². The van der Waals surface area contributed by atoms with Gasteiger partial charge in [-0.3, -0.25) is 4.79 Å². The van der Waals surface area contributed by atoms with Crippen LogP contribution in [0.3, 0.4) is 0 Å².